The summed E-state index contributed by atoms with van der Waals surface area (Å²) >= 11 is 0. The Balaban J connectivity index is 2.14. The molecule has 0 N–H and O–H groups in total. The molecule has 0 bridgehead atoms. The molecule has 2 heterocycles. The Morgan fingerprint density at radius 3 is 2.29 bits per heavy atom. The van der Waals surface area contributed by atoms with Gasteiger partial charge >= 0.3 is 15.3 Å². The van der Waals surface area contributed by atoms with Crippen molar-refractivity contribution in [1.29, 1.82) is 0 Å². The van der Waals surface area contributed by atoms with Crippen LogP contribution < -0.4 is 0 Å². The lowest BCUT2D eigenvalue weighted by atomic mass is 10.0. The van der Waals surface area contributed by atoms with E-state index in [-0.39, 0.29) is 0 Å². The first-order chi connectivity index (χ1) is 11.0. The normalized spacial score (nSPS) is 21.1. The molecule has 1 aromatic heterocycles. The van der Waals surface area contributed by atoms with E-state index >= 15 is 0 Å². The van der Waals surface area contributed by atoms with Gasteiger partial charge < -0.3 is 0 Å². The van der Waals surface area contributed by atoms with Crippen molar-refractivity contribution in [3.05, 3.63) is 41.2 Å². The Morgan fingerprint density at radius 1 is 1.17 bits per heavy atom. The highest BCUT2D eigenvalue weighted by Gasteiger charge is 2.51. The van der Waals surface area contributed by atoms with E-state index in [9.17, 15) is 34.8 Å². The van der Waals surface area contributed by atoms with Gasteiger partial charge in [0.05, 0.1) is 6.04 Å². The monoisotopic (exact) mass is 371 g/mol. The number of nitrogens with zero attached hydrogens (tertiary/aromatic N) is 3. The van der Waals surface area contributed by atoms with Crippen molar-refractivity contribution in [2.24, 2.45) is 0 Å². The summed E-state index contributed by atoms with van der Waals surface area (Å²) in [6.45, 7) is 0. The highest BCUT2D eigenvalue weighted by atomic mass is 32.2. The van der Waals surface area contributed by atoms with Crippen LogP contribution in [0.2, 0.25) is 0 Å². The Morgan fingerprint density at radius 2 is 1.75 bits per heavy atom. The van der Waals surface area contributed by atoms with E-state index in [1.165, 1.54) is 0 Å². The molecule has 0 aliphatic carbocycles. The molecule has 0 fully saturated rings. The van der Waals surface area contributed by atoms with Crippen molar-refractivity contribution < 1.29 is 34.8 Å². The zero-order valence-electron chi connectivity index (χ0n) is 11.4. The molecule has 2 aromatic rings. The van der Waals surface area contributed by atoms with Crippen LogP contribution in [0.25, 0.3) is 0 Å². The van der Waals surface area contributed by atoms with Crippen LogP contribution in [0.15, 0.2) is 23.4 Å². The van der Waals surface area contributed by atoms with Gasteiger partial charge in [0.2, 0.25) is 0 Å². The van der Waals surface area contributed by atoms with E-state index in [1.54, 1.807) is 0 Å². The minimum Gasteiger partial charge on any atom is -0.239 e. The third kappa shape index (κ3) is 2.36. The van der Waals surface area contributed by atoms with Gasteiger partial charge in [-0.1, -0.05) is 6.07 Å². The average Bonchev–Trinajstić information content (AvgIpc) is 3.00. The Hall–Kier alpha value is -2.11. The molecule has 12 heteroatoms. The van der Waals surface area contributed by atoms with Crippen molar-refractivity contribution in [2.75, 3.05) is 0 Å². The van der Waals surface area contributed by atoms with Gasteiger partial charge in [0.25, 0.3) is 5.16 Å². The lowest BCUT2D eigenvalue weighted by molar-refractivity contribution is -0.0440. The highest BCUT2D eigenvalue weighted by molar-refractivity contribution is 7.92. The second-order valence-electron chi connectivity index (χ2n) is 5.00. The average molecular weight is 371 g/mol. The summed E-state index contributed by atoms with van der Waals surface area (Å²) in [4.78, 5) is 3.07. The van der Waals surface area contributed by atoms with E-state index in [4.69, 9.17) is 0 Å². The lowest BCUT2D eigenvalue weighted by Gasteiger charge is -2.13. The van der Waals surface area contributed by atoms with Gasteiger partial charge in [-0.15, -0.1) is 5.10 Å². The molecule has 24 heavy (non-hydrogen) atoms. The van der Waals surface area contributed by atoms with Gasteiger partial charge in [-0.2, -0.15) is 18.2 Å². The van der Waals surface area contributed by atoms with Crippen LogP contribution >= 0.6 is 0 Å². The molecule has 0 radical (unpaired) electrons. The summed E-state index contributed by atoms with van der Waals surface area (Å²) in [7, 11) is -5.90. The molecule has 1 aliphatic heterocycles. The number of aromatic nitrogens is 3. The quantitative estimate of drug-likeness (QED) is 0.762. The number of halogens is 6. The molecule has 2 atom stereocenters. The fourth-order valence-corrected chi connectivity index (χ4v) is 3.06. The van der Waals surface area contributed by atoms with Crippen LogP contribution in [0.3, 0.4) is 0 Å². The van der Waals surface area contributed by atoms with Gasteiger partial charge in [0.15, 0.2) is 12.0 Å². The molecular weight excluding hydrogens is 364 g/mol. The summed E-state index contributed by atoms with van der Waals surface area (Å²) in [5, 5.41) is 1.49. The number of rotatable bonds is 2. The number of sulfone groups is 1. The maximum absolute atomic E-state index is 14.0. The number of hydrogen-bond donors (Lipinski definition) is 0. The highest BCUT2D eigenvalue weighted by Crippen LogP contribution is 2.42. The van der Waals surface area contributed by atoms with E-state index in [0.717, 1.165) is 18.2 Å². The fourth-order valence-electron chi connectivity index (χ4n) is 2.45. The molecule has 0 amide bonds. The standard InChI is InChI=1S/C12H7F6N3O2S/c13-5-2-1-3-6(14)9(5)8-4-7(15)10-19-11(20-21(8)10)24(22,23)12(16,17)18/h1-3,7-8H,4H2/t7-,8-/m0/s1. The van der Waals surface area contributed by atoms with E-state index in [1.807, 2.05) is 0 Å². The SMILES string of the molecule is O=S(=O)(c1nc2n(n1)[C@H](c1c(F)cccc1F)C[C@@H]2F)C(F)(F)F. The molecule has 3 rings (SSSR count). The first-order valence-corrected chi connectivity index (χ1v) is 7.88. The van der Waals surface area contributed by atoms with Crippen molar-refractivity contribution in [2.45, 2.75) is 29.3 Å². The van der Waals surface area contributed by atoms with Gasteiger partial charge in [-0.25, -0.2) is 26.3 Å². The summed E-state index contributed by atoms with van der Waals surface area (Å²) < 4.78 is 102. The van der Waals surface area contributed by atoms with E-state index < -0.39 is 62.2 Å². The molecule has 0 saturated carbocycles. The molecular formula is C12H7F6N3O2S. The third-order valence-electron chi connectivity index (χ3n) is 3.52. The van der Waals surface area contributed by atoms with Crippen LogP contribution in [0, 0.1) is 11.6 Å². The summed E-state index contributed by atoms with van der Waals surface area (Å²) in [5.74, 6) is -2.85. The van der Waals surface area contributed by atoms with Crippen LogP contribution in [0.5, 0.6) is 0 Å². The predicted molar refractivity (Wildman–Crippen MR) is 66.2 cm³/mol. The summed E-state index contributed by atoms with van der Waals surface area (Å²) in [6.07, 6.45) is -2.54. The summed E-state index contributed by atoms with van der Waals surface area (Å²) in [6, 6.07) is 1.38. The van der Waals surface area contributed by atoms with Gasteiger partial charge in [0, 0.05) is 12.0 Å². The molecule has 0 saturated heterocycles. The zero-order chi connectivity index (χ0) is 17.9. The topological polar surface area (TPSA) is 64.8 Å². The number of fused-ring (bicyclic) bond motifs is 1. The number of hydrogen-bond acceptors (Lipinski definition) is 4. The molecule has 1 aliphatic rings. The zero-order valence-corrected chi connectivity index (χ0v) is 12.2. The van der Waals surface area contributed by atoms with Crippen molar-refractivity contribution >= 4 is 9.84 Å². The smallest absolute Gasteiger partial charge is 0.239 e. The summed E-state index contributed by atoms with van der Waals surface area (Å²) in [5.41, 5.74) is -6.31. The minimum atomic E-state index is -5.90. The Labute approximate surface area is 130 Å². The Bertz CT molecular complexity index is 888. The first-order valence-electron chi connectivity index (χ1n) is 6.40. The van der Waals surface area contributed by atoms with Crippen molar-refractivity contribution in [1.82, 2.24) is 14.8 Å². The van der Waals surface area contributed by atoms with Crippen molar-refractivity contribution in [3.8, 4) is 0 Å². The molecule has 0 unspecified atom stereocenters. The predicted octanol–water partition coefficient (Wildman–Crippen LogP) is 2.85. The van der Waals surface area contributed by atoms with E-state index in [2.05, 4.69) is 10.1 Å². The van der Waals surface area contributed by atoms with Crippen LogP contribution in [-0.4, -0.2) is 28.7 Å². The first kappa shape index (κ1) is 16.7. The van der Waals surface area contributed by atoms with Crippen LogP contribution in [0.4, 0.5) is 26.3 Å². The van der Waals surface area contributed by atoms with Gasteiger partial charge in [-0.05, 0) is 12.1 Å². The lowest BCUT2D eigenvalue weighted by Crippen LogP contribution is -2.25. The second-order valence-corrected chi connectivity index (χ2v) is 6.84. The van der Waals surface area contributed by atoms with Crippen LogP contribution in [0.1, 0.15) is 30.0 Å². The molecule has 0 spiro atoms. The van der Waals surface area contributed by atoms with Gasteiger partial charge in [-0.3, -0.25) is 0 Å². The minimum absolute atomic E-state index is 0.477. The molecule has 1 aromatic carbocycles. The number of benzene rings is 1. The van der Waals surface area contributed by atoms with E-state index in [0.29, 0.717) is 4.68 Å². The fraction of sp³-hybridized carbons (Fsp3) is 0.333. The largest absolute Gasteiger partial charge is 0.505 e. The van der Waals surface area contributed by atoms with Gasteiger partial charge in [0.1, 0.15) is 11.6 Å². The maximum Gasteiger partial charge on any atom is 0.505 e. The maximum atomic E-state index is 14.0. The third-order valence-corrected chi connectivity index (χ3v) is 4.78. The van der Waals surface area contributed by atoms with Crippen LogP contribution in [-0.2, 0) is 9.84 Å². The molecule has 130 valence electrons. The Kier molecular flexibility index (Phi) is 3.62. The van der Waals surface area contributed by atoms with Crippen molar-refractivity contribution in [3.63, 3.8) is 0 Å². The number of alkyl halides is 4. The molecule has 5 nitrogen and oxygen atoms in total. The second kappa shape index (κ2) is 5.19.